The number of phenols is 1. The van der Waals surface area contributed by atoms with Crippen molar-refractivity contribution in [3.8, 4) is 11.4 Å². The number of carbonyl (C=O) groups excluding carboxylic acids is 1. The molecule has 3 aromatic carbocycles. The van der Waals surface area contributed by atoms with Gasteiger partial charge in [0.05, 0.1) is 25.8 Å². The molecule has 0 bridgehead atoms. The van der Waals surface area contributed by atoms with Crippen LogP contribution in [-0.4, -0.2) is 30.7 Å². The van der Waals surface area contributed by atoms with E-state index in [0.29, 0.717) is 22.3 Å². The number of benzene rings is 3. The Morgan fingerprint density at radius 3 is 2.18 bits per heavy atom. The molecule has 4 rings (SSSR count). The third-order valence-corrected chi connectivity index (χ3v) is 6.13. The average molecular weight is 522 g/mol. The lowest BCUT2D eigenvalue weighted by atomic mass is 10.1. The highest BCUT2D eigenvalue weighted by Crippen LogP contribution is 2.33. The van der Waals surface area contributed by atoms with Crippen LogP contribution in [0.15, 0.2) is 67.0 Å². The zero-order valence-electron chi connectivity index (χ0n) is 16.9. The normalized spacial score (nSPS) is 10.9. The SMILES string of the molecule is O=C(c1ncn(-c2cc(Cl)c(O)c(Cl)c2)n1)N(Cc1ccccc1)Cc1ccc(Cl)c(Cl)c1. The van der Waals surface area contributed by atoms with E-state index in [4.69, 9.17) is 46.4 Å². The van der Waals surface area contributed by atoms with Gasteiger partial charge in [-0.25, -0.2) is 9.67 Å². The van der Waals surface area contributed by atoms with Crippen LogP contribution in [-0.2, 0) is 13.1 Å². The largest absolute Gasteiger partial charge is 0.505 e. The average Bonchev–Trinajstić information content (AvgIpc) is 3.30. The Morgan fingerprint density at radius 1 is 0.848 bits per heavy atom. The molecule has 0 saturated heterocycles. The maximum absolute atomic E-state index is 13.4. The van der Waals surface area contributed by atoms with Crippen LogP contribution in [0.3, 0.4) is 0 Å². The highest BCUT2D eigenvalue weighted by molar-refractivity contribution is 6.42. The van der Waals surface area contributed by atoms with E-state index in [9.17, 15) is 9.90 Å². The Bertz CT molecular complexity index is 1290. The Hall–Kier alpha value is -2.77. The van der Waals surface area contributed by atoms with E-state index < -0.39 is 0 Å². The van der Waals surface area contributed by atoms with E-state index in [1.807, 2.05) is 36.4 Å². The fraction of sp³-hybridized carbons (Fsp3) is 0.0870. The molecule has 0 radical (unpaired) electrons. The number of rotatable bonds is 6. The first-order valence-corrected chi connectivity index (χ1v) is 11.2. The molecule has 6 nitrogen and oxygen atoms in total. The molecule has 0 spiro atoms. The Balaban J connectivity index is 1.64. The number of aromatic nitrogens is 3. The van der Waals surface area contributed by atoms with Gasteiger partial charge in [0.25, 0.3) is 5.91 Å². The monoisotopic (exact) mass is 520 g/mol. The fourth-order valence-corrected chi connectivity index (χ4v) is 3.97. The number of aromatic hydroxyl groups is 1. The summed E-state index contributed by atoms with van der Waals surface area (Å²) in [5.41, 5.74) is 2.21. The van der Waals surface area contributed by atoms with Crippen LogP contribution < -0.4 is 0 Å². The molecule has 4 aromatic rings. The molecular weight excluding hydrogens is 506 g/mol. The zero-order chi connectivity index (χ0) is 23.5. The summed E-state index contributed by atoms with van der Waals surface area (Å²) in [6.45, 7) is 0.612. The third kappa shape index (κ3) is 5.42. The lowest BCUT2D eigenvalue weighted by Gasteiger charge is -2.22. The van der Waals surface area contributed by atoms with E-state index >= 15 is 0 Å². The smallest absolute Gasteiger partial charge is 0.294 e. The van der Waals surface area contributed by atoms with Gasteiger partial charge < -0.3 is 10.0 Å². The molecule has 0 aliphatic rings. The maximum Gasteiger partial charge on any atom is 0.294 e. The van der Waals surface area contributed by atoms with Crippen molar-refractivity contribution in [1.82, 2.24) is 19.7 Å². The van der Waals surface area contributed by atoms with Crippen LogP contribution in [0, 0.1) is 0 Å². The Labute approximate surface area is 209 Å². The van der Waals surface area contributed by atoms with Gasteiger partial charge in [0.2, 0.25) is 5.82 Å². The van der Waals surface area contributed by atoms with Crippen molar-refractivity contribution in [3.63, 3.8) is 0 Å². The van der Waals surface area contributed by atoms with Crippen LogP contribution in [0.4, 0.5) is 0 Å². The van der Waals surface area contributed by atoms with Crippen molar-refractivity contribution in [3.05, 3.63) is 104 Å². The topological polar surface area (TPSA) is 71.2 Å². The molecule has 10 heteroatoms. The summed E-state index contributed by atoms with van der Waals surface area (Å²) in [5.74, 6) is -0.611. The van der Waals surface area contributed by atoms with Gasteiger partial charge in [0.15, 0.2) is 5.75 Å². The zero-order valence-corrected chi connectivity index (χ0v) is 19.9. The molecule has 0 aliphatic heterocycles. The minimum atomic E-state index is -0.375. The second-order valence-corrected chi connectivity index (χ2v) is 8.79. The van der Waals surface area contributed by atoms with Gasteiger partial charge in [-0.1, -0.05) is 82.8 Å². The van der Waals surface area contributed by atoms with Crippen molar-refractivity contribution in [1.29, 1.82) is 0 Å². The molecular formula is C23H16Cl4N4O2. The van der Waals surface area contributed by atoms with Gasteiger partial charge >= 0.3 is 0 Å². The first-order valence-electron chi connectivity index (χ1n) is 9.69. The van der Waals surface area contributed by atoms with E-state index in [1.54, 1.807) is 17.0 Å². The highest BCUT2D eigenvalue weighted by Gasteiger charge is 2.22. The number of carbonyl (C=O) groups is 1. The lowest BCUT2D eigenvalue weighted by Crippen LogP contribution is -2.31. The van der Waals surface area contributed by atoms with E-state index in [2.05, 4.69) is 10.1 Å². The first-order chi connectivity index (χ1) is 15.8. The second-order valence-electron chi connectivity index (χ2n) is 7.17. The predicted octanol–water partition coefficient (Wildman–Crippen LogP) is 6.43. The fourth-order valence-electron chi connectivity index (χ4n) is 3.17. The number of amides is 1. The summed E-state index contributed by atoms with van der Waals surface area (Å²) in [6, 6.07) is 17.8. The maximum atomic E-state index is 13.4. The van der Waals surface area contributed by atoms with Crippen molar-refractivity contribution in [2.45, 2.75) is 13.1 Å². The standard InChI is InChI=1S/C23H16Cl4N4O2/c24-17-7-6-15(8-18(17)25)12-30(11-14-4-2-1-3-5-14)23(33)22-28-13-31(29-22)16-9-19(26)21(32)20(27)10-16/h1-10,13,32H,11-12H2. The molecule has 168 valence electrons. The Kier molecular flexibility index (Phi) is 7.10. The van der Waals surface area contributed by atoms with Crippen LogP contribution in [0.25, 0.3) is 5.69 Å². The summed E-state index contributed by atoms with van der Waals surface area (Å²) < 4.78 is 1.37. The van der Waals surface area contributed by atoms with Crippen molar-refractivity contribution >= 4 is 52.3 Å². The number of hydrogen-bond acceptors (Lipinski definition) is 4. The van der Waals surface area contributed by atoms with Gasteiger partial charge in [-0.15, -0.1) is 5.10 Å². The predicted molar refractivity (Wildman–Crippen MR) is 130 cm³/mol. The number of hydrogen-bond donors (Lipinski definition) is 1. The highest BCUT2D eigenvalue weighted by atomic mass is 35.5. The molecule has 1 amide bonds. The molecule has 33 heavy (non-hydrogen) atoms. The van der Waals surface area contributed by atoms with Gasteiger partial charge in [-0.2, -0.15) is 0 Å². The van der Waals surface area contributed by atoms with E-state index in [0.717, 1.165) is 11.1 Å². The summed E-state index contributed by atoms with van der Waals surface area (Å²) in [7, 11) is 0. The quantitative estimate of drug-likeness (QED) is 0.317. The van der Waals surface area contributed by atoms with Crippen molar-refractivity contribution in [2.75, 3.05) is 0 Å². The molecule has 0 fully saturated rings. The van der Waals surface area contributed by atoms with E-state index in [1.165, 1.54) is 23.1 Å². The van der Waals surface area contributed by atoms with Gasteiger partial charge in [0, 0.05) is 13.1 Å². The molecule has 1 aromatic heterocycles. The van der Waals surface area contributed by atoms with Crippen LogP contribution in [0.5, 0.6) is 5.75 Å². The molecule has 0 saturated carbocycles. The molecule has 1 heterocycles. The van der Waals surface area contributed by atoms with Gasteiger partial charge in [0.1, 0.15) is 6.33 Å². The molecule has 0 aliphatic carbocycles. The molecule has 0 unspecified atom stereocenters. The van der Waals surface area contributed by atoms with E-state index in [-0.39, 0.29) is 34.1 Å². The van der Waals surface area contributed by atoms with Crippen LogP contribution in [0.1, 0.15) is 21.7 Å². The Morgan fingerprint density at radius 2 is 1.52 bits per heavy atom. The lowest BCUT2D eigenvalue weighted by molar-refractivity contribution is 0.0717. The van der Waals surface area contributed by atoms with Crippen LogP contribution in [0.2, 0.25) is 20.1 Å². The first kappa shape index (κ1) is 23.4. The van der Waals surface area contributed by atoms with Crippen molar-refractivity contribution in [2.24, 2.45) is 0 Å². The van der Waals surface area contributed by atoms with Crippen LogP contribution >= 0.6 is 46.4 Å². The van der Waals surface area contributed by atoms with Gasteiger partial charge in [-0.3, -0.25) is 4.79 Å². The minimum absolute atomic E-state index is 0.00804. The van der Waals surface area contributed by atoms with Crippen molar-refractivity contribution < 1.29 is 9.90 Å². The minimum Gasteiger partial charge on any atom is -0.505 e. The van der Waals surface area contributed by atoms with Gasteiger partial charge in [-0.05, 0) is 35.4 Å². The number of phenolic OH excluding ortho intramolecular Hbond substituents is 1. The molecule has 1 N–H and O–H groups in total. The summed E-state index contributed by atoms with van der Waals surface area (Å²) in [5, 5.41) is 15.0. The number of halogens is 4. The number of nitrogens with zero attached hydrogens (tertiary/aromatic N) is 4. The molecule has 0 atom stereocenters. The summed E-state index contributed by atoms with van der Waals surface area (Å²) in [4.78, 5) is 19.2. The summed E-state index contributed by atoms with van der Waals surface area (Å²) in [6.07, 6.45) is 1.38. The summed E-state index contributed by atoms with van der Waals surface area (Å²) >= 11 is 24.2. The third-order valence-electron chi connectivity index (χ3n) is 4.81. The second kappa shape index (κ2) is 10.0.